The van der Waals surface area contributed by atoms with Crippen LogP contribution in [0.15, 0.2) is 31.0 Å². The highest BCUT2D eigenvalue weighted by Crippen LogP contribution is 2.42. The summed E-state index contributed by atoms with van der Waals surface area (Å²) in [5.41, 5.74) is 2.81. The van der Waals surface area contributed by atoms with Crippen molar-refractivity contribution in [1.29, 1.82) is 5.26 Å². The van der Waals surface area contributed by atoms with Gasteiger partial charge in [-0.3, -0.25) is 0 Å². The Morgan fingerprint density at radius 1 is 1.26 bits per heavy atom. The highest BCUT2D eigenvalue weighted by Gasteiger charge is 2.45. The van der Waals surface area contributed by atoms with E-state index in [2.05, 4.69) is 26.5 Å². The Bertz CT molecular complexity index is 783. The van der Waals surface area contributed by atoms with E-state index in [1.165, 1.54) is 6.42 Å². The topological polar surface area (TPSA) is 44.1 Å². The molecule has 170 valence electrons. The molecule has 0 N–H and O–H groups in total. The second-order valence-corrected chi connectivity index (χ2v) is 9.77. The zero-order valence-corrected chi connectivity index (χ0v) is 19.3. The summed E-state index contributed by atoms with van der Waals surface area (Å²) in [6, 6.07) is 7.86. The van der Waals surface area contributed by atoms with E-state index < -0.39 is 5.92 Å². The number of hydrogen-bond donors (Lipinski definition) is 0. The van der Waals surface area contributed by atoms with Crippen LogP contribution in [0.1, 0.15) is 68.6 Å². The third kappa shape index (κ3) is 7.16. The molecular weight excluding hydrogens is 394 g/mol. The number of carbonyl (C=O) groups excluding carboxylic acids is 1. The van der Waals surface area contributed by atoms with Gasteiger partial charge in [0.2, 0.25) is 5.92 Å². The number of carbonyl (C=O) groups is 1. The minimum Gasteiger partial charge on any atom is -0.381 e. The lowest BCUT2D eigenvalue weighted by Crippen LogP contribution is -2.40. The Kier molecular flexibility index (Phi) is 8.79. The maximum atomic E-state index is 12.3. The molecule has 31 heavy (non-hydrogen) atoms. The second-order valence-electron chi connectivity index (χ2n) is 9.77. The number of nitrogens with zero attached hydrogens (tertiary/aromatic N) is 2. The predicted molar refractivity (Wildman–Crippen MR) is 121 cm³/mol. The first-order valence-corrected chi connectivity index (χ1v) is 11.2. The quantitative estimate of drug-likeness (QED) is 0.496. The zero-order valence-electron chi connectivity index (χ0n) is 19.3. The minimum atomic E-state index is -2.38. The molecule has 5 heteroatoms. The van der Waals surface area contributed by atoms with Gasteiger partial charge in [-0.2, -0.15) is 5.26 Å². The standard InChI is InChI=1S/C18H23NO.C8H13F2N/c1-12-6-13(2)8-16(7-12)18(11-20)17-9-15(10-19)5-4-14(17)3;1-3-11(2)6-7-4-8(9,10)5-7/h4-5,9,11-13,16,18H,6-8H2,1-3H3;3,7H,1,4-6H2,2H3. The summed E-state index contributed by atoms with van der Waals surface area (Å²) in [7, 11) is 1.85. The van der Waals surface area contributed by atoms with Crippen molar-refractivity contribution in [3.63, 3.8) is 0 Å². The number of hydrogen-bond acceptors (Lipinski definition) is 3. The van der Waals surface area contributed by atoms with E-state index in [0.29, 0.717) is 29.9 Å². The number of rotatable bonds is 6. The predicted octanol–water partition coefficient (Wildman–Crippen LogP) is 6.33. The highest BCUT2D eigenvalue weighted by molar-refractivity contribution is 5.64. The summed E-state index contributed by atoms with van der Waals surface area (Å²) in [5, 5.41) is 9.06. The average Bonchev–Trinajstić information content (AvgIpc) is 2.68. The van der Waals surface area contributed by atoms with Crippen LogP contribution in [-0.2, 0) is 4.79 Å². The van der Waals surface area contributed by atoms with E-state index >= 15 is 0 Å². The molecule has 0 heterocycles. The molecule has 0 spiro atoms. The smallest absolute Gasteiger partial charge is 0.248 e. The zero-order chi connectivity index (χ0) is 23.2. The number of aryl methyl sites for hydroxylation is 1. The van der Waals surface area contributed by atoms with Crippen molar-refractivity contribution in [3.8, 4) is 6.07 Å². The van der Waals surface area contributed by atoms with E-state index in [1.54, 1.807) is 6.20 Å². The van der Waals surface area contributed by atoms with Crippen molar-refractivity contribution in [2.45, 2.75) is 64.7 Å². The largest absolute Gasteiger partial charge is 0.381 e. The van der Waals surface area contributed by atoms with Crippen LogP contribution < -0.4 is 0 Å². The molecule has 2 fully saturated rings. The maximum Gasteiger partial charge on any atom is 0.248 e. The van der Waals surface area contributed by atoms with Crippen molar-refractivity contribution in [3.05, 3.63) is 47.7 Å². The maximum absolute atomic E-state index is 12.3. The van der Waals surface area contributed by atoms with Gasteiger partial charge in [0.05, 0.1) is 11.6 Å². The van der Waals surface area contributed by atoms with Crippen LogP contribution in [-0.4, -0.2) is 30.7 Å². The summed E-state index contributed by atoms with van der Waals surface area (Å²) in [6.45, 7) is 10.8. The van der Waals surface area contributed by atoms with Gasteiger partial charge in [0, 0.05) is 32.4 Å². The molecule has 2 saturated carbocycles. The van der Waals surface area contributed by atoms with Gasteiger partial charge in [-0.1, -0.05) is 26.5 Å². The van der Waals surface area contributed by atoms with Crippen LogP contribution in [0.4, 0.5) is 8.78 Å². The molecule has 0 amide bonds. The van der Waals surface area contributed by atoms with Gasteiger partial charge < -0.3 is 9.69 Å². The van der Waals surface area contributed by atoms with Gasteiger partial charge in [-0.15, -0.1) is 0 Å². The van der Waals surface area contributed by atoms with Crippen molar-refractivity contribution in [2.24, 2.45) is 23.7 Å². The summed E-state index contributed by atoms with van der Waals surface area (Å²) >= 11 is 0. The van der Waals surface area contributed by atoms with Gasteiger partial charge in [-0.05, 0) is 79.3 Å². The van der Waals surface area contributed by atoms with Gasteiger partial charge in [0.1, 0.15) is 6.29 Å². The van der Waals surface area contributed by atoms with E-state index in [0.717, 1.165) is 30.3 Å². The molecule has 3 rings (SSSR count). The van der Waals surface area contributed by atoms with Gasteiger partial charge in [-0.25, -0.2) is 8.78 Å². The van der Waals surface area contributed by atoms with E-state index in [4.69, 9.17) is 5.26 Å². The molecule has 1 aromatic carbocycles. The van der Waals surface area contributed by atoms with Crippen molar-refractivity contribution in [1.82, 2.24) is 4.90 Å². The molecular formula is C26H36F2N2O. The number of benzene rings is 1. The Morgan fingerprint density at radius 3 is 2.35 bits per heavy atom. The third-order valence-electron chi connectivity index (χ3n) is 6.67. The Hall–Kier alpha value is -2.22. The van der Waals surface area contributed by atoms with Crippen molar-refractivity contribution >= 4 is 6.29 Å². The normalized spacial score (nSPS) is 25.8. The second kappa shape index (κ2) is 10.9. The molecule has 0 saturated heterocycles. The number of alkyl halides is 2. The Balaban J connectivity index is 0.000000262. The molecule has 2 aliphatic rings. The average molecular weight is 431 g/mol. The van der Waals surface area contributed by atoms with Crippen LogP contribution >= 0.6 is 0 Å². The van der Waals surface area contributed by atoms with Crippen molar-refractivity contribution < 1.29 is 13.6 Å². The minimum absolute atomic E-state index is 0.0468. The molecule has 2 aliphatic carbocycles. The SMILES string of the molecule is C=CN(C)CC1CC(F)(F)C1.Cc1ccc(C#N)cc1C(C=O)C1CC(C)CC(C)C1. The van der Waals surface area contributed by atoms with Crippen LogP contribution in [0, 0.1) is 41.9 Å². The number of nitriles is 1. The summed E-state index contributed by atoms with van der Waals surface area (Å²) < 4.78 is 24.6. The van der Waals surface area contributed by atoms with E-state index in [9.17, 15) is 13.6 Å². The first-order chi connectivity index (χ1) is 14.6. The first-order valence-electron chi connectivity index (χ1n) is 11.2. The van der Waals surface area contributed by atoms with Gasteiger partial charge >= 0.3 is 0 Å². The molecule has 0 radical (unpaired) electrons. The van der Waals surface area contributed by atoms with Gasteiger partial charge in [0.25, 0.3) is 0 Å². The molecule has 3 nitrogen and oxygen atoms in total. The van der Waals surface area contributed by atoms with Crippen molar-refractivity contribution in [2.75, 3.05) is 13.6 Å². The first kappa shape index (κ1) is 25.0. The van der Waals surface area contributed by atoms with Gasteiger partial charge in [0.15, 0.2) is 0 Å². The lowest BCUT2D eigenvalue weighted by molar-refractivity contribution is -0.113. The van der Waals surface area contributed by atoms with Crippen LogP contribution in [0.25, 0.3) is 0 Å². The lowest BCUT2D eigenvalue weighted by Gasteiger charge is -2.36. The Labute approximate surface area is 186 Å². The highest BCUT2D eigenvalue weighted by atomic mass is 19.3. The van der Waals surface area contributed by atoms with Crippen LogP contribution in [0.2, 0.25) is 0 Å². The molecule has 3 atom stereocenters. The molecule has 1 aromatic rings. The fourth-order valence-corrected chi connectivity index (χ4v) is 5.21. The molecule has 0 aliphatic heterocycles. The van der Waals surface area contributed by atoms with Crippen LogP contribution in [0.3, 0.4) is 0 Å². The van der Waals surface area contributed by atoms with Crippen LogP contribution in [0.5, 0.6) is 0 Å². The summed E-state index contributed by atoms with van der Waals surface area (Å²) in [5.74, 6) is -0.496. The Morgan fingerprint density at radius 2 is 1.87 bits per heavy atom. The third-order valence-corrected chi connectivity index (χ3v) is 6.67. The lowest BCUT2D eigenvalue weighted by atomic mass is 9.69. The molecule has 3 unspecified atom stereocenters. The fourth-order valence-electron chi connectivity index (χ4n) is 5.21. The summed E-state index contributed by atoms with van der Waals surface area (Å²) in [4.78, 5) is 13.5. The summed E-state index contributed by atoms with van der Waals surface area (Å²) in [6.07, 6.45) is 6.35. The molecule has 0 aromatic heterocycles. The fraction of sp³-hybridized carbons (Fsp3) is 0.615. The molecule has 0 bridgehead atoms. The van der Waals surface area contributed by atoms with E-state index in [1.807, 2.05) is 37.1 Å². The monoisotopic (exact) mass is 430 g/mol. The van der Waals surface area contributed by atoms with E-state index in [-0.39, 0.29) is 24.7 Å². The number of aldehydes is 1. The number of halogens is 2.